The fraction of sp³-hybridized carbons (Fsp3) is 0.286. The summed E-state index contributed by atoms with van der Waals surface area (Å²) in [6.07, 6.45) is 3.94. The van der Waals surface area contributed by atoms with Gasteiger partial charge in [-0.15, -0.1) is 11.8 Å². The second-order valence-corrected chi connectivity index (χ2v) is 7.71. The molecule has 0 heterocycles. The first-order chi connectivity index (χ1) is 14.0. The molecule has 1 aliphatic carbocycles. The number of thioether (sulfide) groups is 1. The van der Waals surface area contributed by atoms with Crippen LogP contribution in [0, 0.1) is 0 Å². The third-order valence-electron chi connectivity index (χ3n) is 4.39. The largest absolute Gasteiger partial charge is 0.335 e. The molecule has 0 saturated heterocycles. The van der Waals surface area contributed by atoms with Crippen molar-refractivity contribution in [2.24, 2.45) is 0 Å². The standard InChI is InChI=1S/C21H24N4O3S/c1-25(13-19(26)24-17-8-3-4-9-18(17)29-2)20(27)14-6-5-7-16(12-14)23-21(28)22-15-10-11-15/h3-9,12,15H,10-11,13H2,1-2H3,(H,24,26)(H2,22,23,28). The molecule has 1 saturated carbocycles. The first-order valence-corrected chi connectivity index (χ1v) is 10.5. The third kappa shape index (κ3) is 5.99. The number of urea groups is 1. The summed E-state index contributed by atoms with van der Waals surface area (Å²) in [5, 5.41) is 8.40. The Kier molecular flexibility index (Phi) is 6.77. The van der Waals surface area contributed by atoms with Crippen molar-refractivity contribution in [2.75, 3.05) is 30.5 Å². The van der Waals surface area contributed by atoms with Crippen molar-refractivity contribution < 1.29 is 14.4 Å². The summed E-state index contributed by atoms with van der Waals surface area (Å²) in [6, 6.07) is 14.2. The van der Waals surface area contributed by atoms with E-state index in [4.69, 9.17) is 0 Å². The maximum atomic E-state index is 12.7. The molecule has 29 heavy (non-hydrogen) atoms. The number of hydrogen-bond donors (Lipinski definition) is 3. The third-order valence-corrected chi connectivity index (χ3v) is 5.18. The monoisotopic (exact) mass is 412 g/mol. The Bertz CT molecular complexity index is 914. The number of nitrogens with one attached hydrogen (secondary N) is 3. The zero-order valence-electron chi connectivity index (χ0n) is 16.4. The van der Waals surface area contributed by atoms with E-state index in [1.807, 2.05) is 30.5 Å². The van der Waals surface area contributed by atoms with Gasteiger partial charge in [0.15, 0.2) is 0 Å². The summed E-state index contributed by atoms with van der Waals surface area (Å²) >= 11 is 1.54. The topological polar surface area (TPSA) is 90.5 Å². The Morgan fingerprint density at radius 1 is 1.07 bits per heavy atom. The zero-order valence-corrected chi connectivity index (χ0v) is 17.2. The molecular weight excluding hydrogens is 388 g/mol. The number of nitrogens with zero attached hydrogens (tertiary/aromatic N) is 1. The first kappa shape index (κ1) is 20.7. The van der Waals surface area contributed by atoms with Crippen molar-refractivity contribution in [3.8, 4) is 0 Å². The molecule has 1 fully saturated rings. The molecule has 4 amide bonds. The Morgan fingerprint density at radius 2 is 1.83 bits per heavy atom. The molecule has 3 rings (SSSR count). The SMILES string of the molecule is CSc1ccccc1NC(=O)CN(C)C(=O)c1cccc(NC(=O)NC2CC2)c1. The average molecular weight is 413 g/mol. The van der Waals surface area contributed by atoms with Gasteiger partial charge >= 0.3 is 6.03 Å². The molecule has 8 heteroatoms. The van der Waals surface area contributed by atoms with Gasteiger partial charge in [0.05, 0.1) is 12.2 Å². The van der Waals surface area contributed by atoms with Crippen LogP contribution in [0.5, 0.6) is 0 Å². The predicted octanol–water partition coefficient (Wildman–Crippen LogP) is 3.40. The van der Waals surface area contributed by atoms with E-state index in [0.717, 1.165) is 23.4 Å². The molecule has 152 valence electrons. The molecule has 0 spiro atoms. The Hall–Kier alpha value is -3.00. The molecular formula is C21H24N4O3S. The number of carbonyl (C=O) groups excluding carboxylic acids is 3. The van der Waals surface area contributed by atoms with E-state index in [1.54, 1.807) is 31.3 Å². The molecule has 0 radical (unpaired) electrons. The van der Waals surface area contributed by atoms with Crippen molar-refractivity contribution in [1.82, 2.24) is 10.2 Å². The number of anilines is 2. The lowest BCUT2D eigenvalue weighted by Crippen LogP contribution is -2.35. The molecule has 0 aromatic heterocycles. The highest BCUT2D eigenvalue weighted by molar-refractivity contribution is 7.98. The van der Waals surface area contributed by atoms with Crippen LogP contribution in [-0.2, 0) is 4.79 Å². The van der Waals surface area contributed by atoms with E-state index in [2.05, 4.69) is 16.0 Å². The fourth-order valence-electron chi connectivity index (χ4n) is 2.76. The van der Waals surface area contributed by atoms with Gasteiger partial charge < -0.3 is 20.9 Å². The number of carbonyl (C=O) groups is 3. The van der Waals surface area contributed by atoms with E-state index in [0.29, 0.717) is 11.3 Å². The molecule has 0 unspecified atom stereocenters. The minimum atomic E-state index is -0.301. The Balaban J connectivity index is 1.58. The minimum absolute atomic E-state index is 0.0820. The van der Waals surface area contributed by atoms with Gasteiger partial charge in [-0.05, 0) is 49.4 Å². The van der Waals surface area contributed by atoms with E-state index in [-0.39, 0.29) is 30.4 Å². The quantitative estimate of drug-likeness (QED) is 0.608. The van der Waals surface area contributed by atoms with E-state index in [1.165, 1.54) is 16.7 Å². The van der Waals surface area contributed by atoms with Gasteiger partial charge in [-0.1, -0.05) is 18.2 Å². The molecule has 3 N–H and O–H groups in total. The highest BCUT2D eigenvalue weighted by Gasteiger charge is 2.23. The van der Waals surface area contributed by atoms with Crippen LogP contribution in [0.25, 0.3) is 0 Å². The summed E-state index contributed by atoms with van der Waals surface area (Å²) in [5.74, 6) is -0.579. The van der Waals surface area contributed by atoms with Crippen LogP contribution in [0.15, 0.2) is 53.4 Å². The smallest absolute Gasteiger partial charge is 0.319 e. The van der Waals surface area contributed by atoms with Crippen molar-refractivity contribution in [2.45, 2.75) is 23.8 Å². The second kappa shape index (κ2) is 9.47. The summed E-state index contributed by atoms with van der Waals surface area (Å²) in [7, 11) is 1.57. The number of para-hydroxylation sites is 1. The maximum absolute atomic E-state index is 12.7. The van der Waals surface area contributed by atoms with Crippen molar-refractivity contribution in [3.05, 3.63) is 54.1 Å². The van der Waals surface area contributed by atoms with Crippen LogP contribution in [0.4, 0.5) is 16.2 Å². The van der Waals surface area contributed by atoms with Crippen LogP contribution >= 0.6 is 11.8 Å². The van der Waals surface area contributed by atoms with Gasteiger partial charge in [-0.25, -0.2) is 4.79 Å². The van der Waals surface area contributed by atoms with Crippen LogP contribution in [0.2, 0.25) is 0 Å². The molecule has 1 aliphatic rings. The van der Waals surface area contributed by atoms with Gasteiger partial charge in [0.2, 0.25) is 5.91 Å². The van der Waals surface area contributed by atoms with Crippen LogP contribution in [-0.4, -0.2) is 48.6 Å². The van der Waals surface area contributed by atoms with Gasteiger partial charge in [-0.2, -0.15) is 0 Å². The Morgan fingerprint density at radius 3 is 2.55 bits per heavy atom. The van der Waals surface area contributed by atoms with Gasteiger partial charge in [-0.3, -0.25) is 9.59 Å². The number of hydrogen-bond acceptors (Lipinski definition) is 4. The fourth-order valence-corrected chi connectivity index (χ4v) is 3.31. The lowest BCUT2D eigenvalue weighted by atomic mass is 10.1. The highest BCUT2D eigenvalue weighted by Crippen LogP contribution is 2.24. The normalized spacial score (nSPS) is 12.8. The molecule has 2 aromatic carbocycles. The van der Waals surface area contributed by atoms with Crippen LogP contribution in [0.3, 0.4) is 0 Å². The summed E-state index contributed by atoms with van der Waals surface area (Å²) in [6.45, 7) is -0.0820. The lowest BCUT2D eigenvalue weighted by molar-refractivity contribution is -0.116. The second-order valence-electron chi connectivity index (χ2n) is 6.86. The average Bonchev–Trinajstić information content (AvgIpc) is 3.51. The van der Waals surface area contributed by atoms with Crippen molar-refractivity contribution >= 4 is 41.0 Å². The molecule has 7 nitrogen and oxygen atoms in total. The number of amides is 4. The highest BCUT2D eigenvalue weighted by atomic mass is 32.2. The maximum Gasteiger partial charge on any atom is 0.319 e. The number of likely N-dealkylation sites (N-methyl/N-ethyl adjacent to an activating group) is 1. The molecule has 0 atom stereocenters. The minimum Gasteiger partial charge on any atom is -0.335 e. The summed E-state index contributed by atoms with van der Waals surface area (Å²) in [5.41, 5.74) is 1.65. The predicted molar refractivity (Wildman–Crippen MR) is 115 cm³/mol. The number of benzene rings is 2. The number of rotatable bonds is 7. The molecule has 0 bridgehead atoms. The first-order valence-electron chi connectivity index (χ1n) is 9.32. The molecule has 0 aliphatic heterocycles. The lowest BCUT2D eigenvalue weighted by Gasteiger charge is -2.18. The molecule has 2 aromatic rings. The van der Waals surface area contributed by atoms with Gasteiger partial charge in [0, 0.05) is 29.2 Å². The van der Waals surface area contributed by atoms with Gasteiger partial charge in [0.25, 0.3) is 5.91 Å². The van der Waals surface area contributed by atoms with E-state index >= 15 is 0 Å². The summed E-state index contributed by atoms with van der Waals surface area (Å²) in [4.78, 5) is 39.2. The van der Waals surface area contributed by atoms with Crippen molar-refractivity contribution in [1.29, 1.82) is 0 Å². The van der Waals surface area contributed by atoms with Crippen molar-refractivity contribution in [3.63, 3.8) is 0 Å². The van der Waals surface area contributed by atoms with Crippen LogP contribution < -0.4 is 16.0 Å². The Labute approximate surface area is 174 Å². The van der Waals surface area contributed by atoms with E-state index < -0.39 is 0 Å². The zero-order chi connectivity index (χ0) is 20.8. The van der Waals surface area contributed by atoms with Gasteiger partial charge in [0.1, 0.15) is 0 Å². The van der Waals surface area contributed by atoms with E-state index in [9.17, 15) is 14.4 Å². The van der Waals surface area contributed by atoms with Crippen LogP contribution in [0.1, 0.15) is 23.2 Å². The summed E-state index contributed by atoms with van der Waals surface area (Å²) < 4.78 is 0.